The molecule has 1 aromatic rings. The average Bonchev–Trinajstić information content (AvgIpc) is 2.73. The van der Waals surface area contributed by atoms with Gasteiger partial charge in [-0.25, -0.2) is 4.98 Å². The molecule has 72 valence electrons. The normalized spacial score (nSPS) is 26.8. The van der Waals surface area contributed by atoms with Crippen LogP contribution >= 0.6 is 11.3 Å². The molecule has 0 unspecified atom stereocenters. The van der Waals surface area contributed by atoms with Crippen LogP contribution in [0.2, 0.25) is 0 Å². The van der Waals surface area contributed by atoms with Gasteiger partial charge < -0.3 is 5.73 Å². The Balaban J connectivity index is 2.07. The van der Waals surface area contributed by atoms with Crippen molar-refractivity contribution >= 4 is 11.3 Å². The van der Waals surface area contributed by atoms with E-state index in [4.69, 9.17) is 5.73 Å². The Kier molecular flexibility index (Phi) is 2.39. The predicted molar refractivity (Wildman–Crippen MR) is 56.1 cm³/mol. The van der Waals surface area contributed by atoms with Crippen molar-refractivity contribution in [3.8, 4) is 0 Å². The summed E-state index contributed by atoms with van der Waals surface area (Å²) in [5, 5.41) is 1.26. The Hall–Kier alpha value is -0.410. The summed E-state index contributed by atoms with van der Waals surface area (Å²) in [6.45, 7) is 5.21. The van der Waals surface area contributed by atoms with Crippen LogP contribution < -0.4 is 5.73 Å². The minimum Gasteiger partial charge on any atom is -0.330 e. The summed E-state index contributed by atoms with van der Waals surface area (Å²) in [7, 11) is 0. The summed E-state index contributed by atoms with van der Waals surface area (Å²) in [5.74, 6) is 2.03. The smallest absolute Gasteiger partial charge is 0.0953 e. The van der Waals surface area contributed by atoms with Gasteiger partial charge >= 0.3 is 0 Å². The molecule has 0 radical (unpaired) electrons. The van der Waals surface area contributed by atoms with Crippen molar-refractivity contribution in [2.24, 2.45) is 11.7 Å². The molecule has 2 nitrogen and oxygen atoms in total. The topological polar surface area (TPSA) is 38.9 Å². The van der Waals surface area contributed by atoms with E-state index in [2.05, 4.69) is 18.8 Å². The minimum atomic E-state index is 0.564. The van der Waals surface area contributed by atoms with E-state index in [0.717, 1.165) is 18.4 Å². The summed E-state index contributed by atoms with van der Waals surface area (Å²) >= 11 is 1.86. The summed E-state index contributed by atoms with van der Waals surface area (Å²) in [5.41, 5.74) is 5.61. The Morgan fingerprint density at radius 1 is 1.69 bits per heavy atom. The molecule has 2 atom stereocenters. The third kappa shape index (κ3) is 1.76. The molecule has 0 bridgehead atoms. The lowest BCUT2D eigenvalue weighted by molar-refractivity contribution is 0.814. The van der Waals surface area contributed by atoms with Gasteiger partial charge in [0.05, 0.1) is 5.01 Å². The van der Waals surface area contributed by atoms with Crippen LogP contribution in [0.5, 0.6) is 0 Å². The van der Waals surface area contributed by atoms with Gasteiger partial charge in [0, 0.05) is 17.0 Å². The van der Waals surface area contributed by atoms with E-state index in [1.54, 1.807) is 0 Å². The first-order valence-corrected chi connectivity index (χ1v) is 5.69. The third-order valence-electron chi connectivity index (χ3n) is 2.63. The van der Waals surface area contributed by atoms with Gasteiger partial charge in [0.1, 0.15) is 0 Å². The first kappa shape index (κ1) is 9.16. The fraction of sp³-hybridized carbons (Fsp3) is 0.700. The molecule has 2 N–H and O–H groups in total. The maximum atomic E-state index is 5.61. The van der Waals surface area contributed by atoms with Crippen molar-refractivity contribution < 1.29 is 0 Å². The Morgan fingerprint density at radius 3 is 2.92 bits per heavy atom. The van der Waals surface area contributed by atoms with Gasteiger partial charge in [-0.1, -0.05) is 13.8 Å². The number of hydrogen-bond acceptors (Lipinski definition) is 3. The Morgan fingerprint density at radius 2 is 2.46 bits per heavy atom. The monoisotopic (exact) mass is 196 g/mol. The molecule has 2 rings (SSSR count). The van der Waals surface area contributed by atoms with Crippen LogP contribution in [0.25, 0.3) is 0 Å². The summed E-state index contributed by atoms with van der Waals surface area (Å²) in [6, 6.07) is 0. The molecule has 1 aliphatic carbocycles. The van der Waals surface area contributed by atoms with E-state index in [-0.39, 0.29) is 0 Å². The largest absolute Gasteiger partial charge is 0.330 e. The maximum Gasteiger partial charge on any atom is 0.0953 e. The fourth-order valence-corrected chi connectivity index (χ4v) is 2.72. The second-order valence-corrected chi connectivity index (χ2v) is 5.19. The SMILES string of the molecule is CC(C)c1ncc([C@@H]2C[C@H]2CN)s1. The van der Waals surface area contributed by atoms with Crippen molar-refractivity contribution in [2.45, 2.75) is 32.1 Å². The first-order chi connectivity index (χ1) is 6.22. The molecule has 0 amide bonds. The fourth-order valence-electron chi connectivity index (χ4n) is 1.60. The number of nitrogens with two attached hydrogens (primary N) is 1. The zero-order valence-corrected chi connectivity index (χ0v) is 8.97. The lowest BCUT2D eigenvalue weighted by Crippen LogP contribution is -2.01. The highest BCUT2D eigenvalue weighted by molar-refractivity contribution is 7.11. The molecule has 0 aromatic carbocycles. The number of thiazole rings is 1. The van der Waals surface area contributed by atoms with Crippen LogP contribution in [0.15, 0.2) is 6.20 Å². The maximum absolute atomic E-state index is 5.61. The molecule has 1 fully saturated rings. The van der Waals surface area contributed by atoms with Crippen molar-refractivity contribution in [1.29, 1.82) is 0 Å². The van der Waals surface area contributed by atoms with Crippen LogP contribution in [0, 0.1) is 5.92 Å². The van der Waals surface area contributed by atoms with Crippen LogP contribution in [-0.2, 0) is 0 Å². The molecule has 3 heteroatoms. The van der Waals surface area contributed by atoms with Crippen LogP contribution in [0.3, 0.4) is 0 Å². The molecule has 0 saturated heterocycles. The van der Waals surface area contributed by atoms with Gasteiger partial charge in [-0.05, 0) is 24.8 Å². The quantitative estimate of drug-likeness (QED) is 0.806. The van der Waals surface area contributed by atoms with E-state index in [9.17, 15) is 0 Å². The zero-order chi connectivity index (χ0) is 9.42. The van der Waals surface area contributed by atoms with Crippen molar-refractivity contribution in [3.05, 3.63) is 16.1 Å². The van der Waals surface area contributed by atoms with E-state index in [0.29, 0.717) is 5.92 Å². The molecule has 1 aliphatic rings. The van der Waals surface area contributed by atoms with Gasteiger partial charge in [0.15, 0.2) is 0 Å². The second kappa shape index (κ2) is 3.39. The number of rotatable bonds is 3. The summed E-state index contributed by atoms with van der Waals surface area (Å²) in [6.07, 6.45) is 3.32. The van der Waals surface area contributed by atoms with Gasteiger partial charge in [-0.3, -0.25) is 0 Å². The molecular weight excluding hydrogens is 180 g/mol. The van der Waals surface area contributed by atoms with Crippen molar-refractivity contribution in [3.63, 3.8) is 0 Å². The molecule has 13 heavy (non-hydrogen) atoms. The Labute approximate surface area is 83.2 Å². The highest BCUT2D eigenvalue weighted by Gasteiger charge is 2.38. The molecular formula is C10H16N2S. The van der Waals surface area contributed by atoms with Crippen molar-refractivity contribution in [1.82, 2.24) is 4.98 Å². The van der Waals surface area contributed by atoms with Crippen LogP contribution in [-0.4, -0.2) is 11.5 Å². The van der Waals surface area contributed by atoms with E-state index >= 15 is 0 Å². The van der Waals surface area contributed by atoms with E-state index in [1.807, 2.05) is 17.5 Å². The van der Waals surface area contributed by atoms with Crippen molar-refractivity contribution in [2.75, 3.05) is 6.54 Å². The van der Waals surface area contributed by atoms with Gasteiger partial charge in [0.2, 0.25) is 0 Å². The van der Waals surface area contributed by atoms with Gasteiger partial charge in [-0.15, -0.1) is 11.3 Å². The number of aromatic nitrogens is 1. The molecule has 1 heterocycles. The van der Waals surface area contributed by atoms with Gasteiger partial charge in [0.25, 0.3) is 0 Å². The molecule has 1 saturated carbocycles. The predicted octanol–water partition coefficient (Wildman–Crippen LogP) is 2.33. The number of nitrogens with zero attached hydrogens (tertiary/aromatic N) is 1. The second-order valence-electron chi connectivity index (χ2n) is 4.09. The highest BCUT2D eigenvalue weighted by atomic mass is 32.1. The van der Waals surface area contributed by atoms with Gasteiger partial charge in [-0.2, -0.15) is 0 Å². The molecule has 1 aromatic heterocycles. The number of hydrogen-bond donors (Lipinski definition) is 1. The van der Waals surface area contributed by atoms with Crippen LogP contribution in [0.1, 0.15) is 42.0 Å². The zero-order valence-electron chi connectivity index (χ0n) is 8.16. The Bertz CT molecular complexity index is 293. The third-order valence-corrected chi connectivity index (χ3v) is 4.06. The molecule has 0 aliphatic heterocycles. The minimum absolute atomic E-state index is 0.564. The van der Waals surface area contributed by atoms with Crippen LogP contribution in [0.4, 0.5) is 0 Å². The van der Waals surface area contributed by atoms with E-state index < -0.39 is 0 Å². The standard InChI is InChI=1S/C10H16N2S/c1-6(2)10-12-5-9(13-10)8-3-7(8)4-11/h5-8H,3-4,11H2,1-2H3/t7-,8+/m0/s1. The summed E-state index contributed by atoms with van der Waals surface area (Å²) < 4.78 is 0. The first-order valence-electron chi connectivity index (χ1n) is 4.88. The molecule has 0 spiro atoms. The van der Waals surface area contributed by atoms with E-state index in [1.165, 1.54) is 16.3 Å². The average molecular weight is 196 g/mol. The highest BCUT2D eigenvalue weighted by Crippen LogP contribution is 2.48. The lowest BCUT2D eigenvalue weighted by atomic mass is 10.2. The lowest BCUT2D eigenvalue weighted by Gasteiger charge is -1.95. The summed E-state index contributed by atoms with van der Waals surface area (Å²) in [4.78, 5) is 5.87.